The molecule has 0 aromatic heterocycles. The molecule has 1 amide bonds. The van der Waals surface area contributed by atoms with Crippen molar-refractivity contribution in [2.45, 2.75) is 50.2 Å². The van der Waals surface area contributed by atoms with Gasteiger partial charge in [-0.1, -0.05) is 31.0 Å². The van der Waals surface area contributed by atoms with Gasteiger partial charge >= 0.3 is 5.97 Å². The lowest BCUT2D eigenvalue weighted by atomic mass is 9.85. The molecule has 3 atom stereocenters. The van der Waals surface area contributed by atoms with E-state index in [2.05, 4.69) is 10.6 Å². The number of rotatable bonds is 3. The van der Waals surface area contributed by atoms with Crippen LogP contribution in [0.5, 0.6) is 0 Å². The first-order valence-corrected chi connectivity index (χ1v) is 9.02. The monoisotopic (exact) mass is 361 g/mol. The maximum absolute atomic E-state index is 12.6. The minimum absolute atomic E-state index is 0.0117. The second-order valence-corrected chi connectivity index (χ2v) is 6.85. The number of benzene rings is 1. The summed E-state index contributed by atoms with van der Waals surface area (Å²) in [6.45, 7) is 0. The van der Waals surface area contributed by atoms with Crippen LogP contribution in [0.3, 0.4) is 0 Å². The van der Waals surface area contributed by atoms with Crippen LogP contribution < -0.4 is 10.6 Å². The van der Waals surface area contributed by atoms with E-state index in [4.69, 9.17) is 17.0 Å². The number of methoxy groups -OCH3 is 1. The highest BCUT2D eigenvalue weighted by atomic mass is 32.1. The Morgan fingerprint density at radius 3 is 2.76 bits per heavy atom. The van der Waals surface area contributed by atoms with Crippen LogP contribution in [0.25, 0.3) is 0 Å². The molecule has 7 heteroatoms. The number of nitrogens with zero attached hydrogens (tertiary/aromatic N) is 1. The van der Waals surface area contributed by atoms with Gasteiger partial charge in [-0.15, -0.1) is 0 Å². The predicted octanol–water partition coefficient (Wildman–Crippen LogP) is 2.06. The summed E-state index contributed by atoms with van der Waals surface area (Å²) in [5.41, 5.74) is 0.864. The highest BCUT2D eigenvalue weighted by Gasteiger charge is 2.44. The van der Waals surface area contributed by atoms with Gasteiger partial charge in [-0.3, -0.25) is 9.59 Å². The molecule has 1 heterocycles. The van der Waals surface area contributed by atoms with E-state index >= 15 is 0 Å². The van der Waals surface area contributed by atoms with Crippen molar-refractivity contribution >= 4 is 34.9 Å². The second-order valence-electron chi connectivity index (χ2n) is 6.47. The molecule has 3 rings (SSSR count). The first-order chi connectivity index (χ1) is 12.1. The number of anilines is 1. The summed E-state index contributed by atoms with van der Waals surface area (Å²) in [5, 5.41) is 6.76. The molecule has 1 aromatic rings. The van der Waals surface area contributed by atoms with Crippen molar-refractivity contribution in [2.75, 3.05) is 12.4 Å². The van der Waals surface area contributed by atoms with Crippen molar-refractivity contribution in [1.82, 2.24) is 10.2 Å². The second kappa shape index (κ2) is 7.82. The molecule has 1 aliphatic heterocycles. The average molecular weight is 361 g/mol. The molecular weight excluding hydrogens is 338 g/mol. The van der Waals surface area contributed by atoms with Gasteiger partial charge in [-0.05, 0) is 37.2 Å². The Bertz CT molecular complexity index is 652. The van der Waals surface area contributed by atoms with Crippen LogP contribution in [0, 0.1) is 0 Å². The standard InChI is InChI=1S/C18H23N3O3S/c1-24-16(22)11-15-17(23)20-13-9-5-6-10-14(13)21(15)18(25)19-12-7-3-2-4-8-12/h2-4,7-8,13-15H,5-6,9-11H2,1H3,(H,19,25)(H,20,23)/t13-,14+,15+/m0/s1. The molecule has 2 fully saturated rings. The van der Waals surface area contributed by atoms with Gasteiger partial charge in [0.2, 0.25) is 5.91 Å². The largest absolute Gasteiger partial charge is 0.469 e. The summed E-state index contributed by atoms with van der Waals surface area (Å²) < 4.78 is 4.77. The molecule has 1 aromatic carbocycles. The highest BCUT2D eigenvalue weighted by Crippen LogP contribution is 2.30. The molecular formula is C18H23N3O3S. The zero-order valence-electron chi connectivity index (χ0n) is 14.2. The van der Waals surface area contributed by atoms with Gasteiger partial charge in [0.1, 0.15) is 6.04 Å². The number of amides is 1. The lowest BCUT2D eigenvalue weighted by Gasteiger charge is -2.49. The van der Waals surface area contributed by atoms with Gasteiger partial charge in [-0.2, -0.15) is 0 Å². The van der Waals surface area contributed by atoms with Crippen LogP contribution in [0.15, 0.2) is 30.3 Å². The number of hydrogen-bond donors (Lipinski definition) is 2. The third-order valence-corrected chi connectivity index (χ3v) is 5.21. The third kappa shape index (κ3) is 3.92. The first-order valence-electron chi connectivity index (χ1n) is 8.61. The number of carbonyl (C=O) groups excluding carboxylic acids is 2. The molecule has 2 N–H and O–H groups in total. The normalized spacial score (nSPS) is 25.6. The SMILES string of the molecule is COC(=O)C[C@@H]1C(=O)N[C@H]2CCCC[C@H]2N1C(=S)Nc1ccccc1. The number of nitrogens with one attached hydrogen (secondary N) is 2. The molecule has 0 spiro atoms. The van der Waals surface area contributed by atoms with E-state index in [1.807, 2.05) is 35.2 Å². The molecule has 2 aliphatic rings. The summed E-state index contributed by atoms with van der Waals surface area (Å²) in [7, 11) is 1.33. The van der Waals surface area contributed by atoms with E-state index in [9.17, 15) is 9.59 Å². The number of hydrogen-bond acceptors (Lipinski definition) is 4. The van der Waals surface area contributed by atoms with Gasteiger partial charge in [0.05, 0.1) is 19.6 Å². The fourth-order valence-electron chi connectivity index (χ4n) is 3.68. The number of carbonyl (C=O) groups is 2. The Labute approximate surface area is 152 Å². The van der Waals surface area contributed by atoms with Crippen LogP contribution in [0.2, 0.25) is 0 Å². The number of esters is 1. The Kier molecular flexibility index (Phi) is 5.53. The van der Waals surface area contributed by atoms with E-state index in [1.165, 1.54) is 7.11 Å². The van der Waals surface area contributed by atoms with Crippen molar-refractivity contribution in [3.63, 3.8) is 0 Å². The van der Waals surface area contributed by atoms with E-state index in [1.54, 1.807) is 0 Å². The smallest absolute Gasteiger partial charge is 0.308 e. The highest BCUT2D eigenvalue weighted by molar-refractivity contribution is 7.80. The van der Waals surface area contributed by atoms with Crippen molar-refractivity contribution in [3.8, 4) is 0 Å². The van der Waals surface area contributed by atoms with Crippen molar-refractivity contribution in [1.29, 1.82) is 0 Å². The minimum Gasteiger partial charge on any atom is -0.469 e. The number of fused-ring (bicyclic) bond motifs is 1. The Balaban J connectivity index is 1.85. The average Bonchev–Trinajstić information content (AvgIpc) is 2.62. The van der Waals surface area contributed by atoms with Gasteiger partial charge < -0.3 is 20.3 Å². The Morgan fingerprint density at radius 1 is 1.32 bits per heavy atom. The molecule has 0 unspecified atom stereocenters. The lowest BCUT2D eigenvalue weighted by Crippen LogP contribution is -2.68. The van der Waals surface area contributed by atoms with Crippen LogP contribution in [-0.2, 0) is 14.3 Å². The zero-order chi connectivity index (χ0) is 17.8. The van der Waals surface area contributed by atoms with Crippen LogP contribution in [0.4, 0.5) is 5.69 Å². The number of para-hydroxylation sites is 1. The van der Waals surface area contributed by atoms with Crippen molar-refractivity contribution in [2.24, 2.45) is 0 Å². The quantitative estimate of drug-likeness (QED) is 0.634. The van der Waals surface area contributed by atoms with Gasteiger partial charge in [-0.25, -0.2) is 0 Å². The lowest BCUT2D eigenvalue weighted by molar-refractivity contribution is -0.146. The van der Waals surface area contributed by atoms with E-state index < -0.39 is 12.0 Å². The van der Waals surface area contributed by atoms with Crippen LogP contribution in [0.1, 0.15) is 32.1 Å². The van der Waals surface area contributed by atoms with Crippen molar-refractivity contribution in [3.05, 3.63) is 30.3 Å². The molecule has 6 nitrogen and oxygen atoms in total. The van der Waals surface area contributed by atoms with Gasteiger partial charge in [0.25, 0.3) is 0 Å². The fourth-order valence-corrected chi connectivity index (χ4v) is 4.06. The molecule has 1 saturated carbocycles. The number of piperazine rings is 1. The van der Waals surface area contributed by atoms with Gasteiger partial charge in [0, 0.05) is 11.7 Å². The fraction of sp³-hybridized carbons (Fsp3) is 0.500. The topological polar surface area (TPSA) is 70.7 Å². The predicted molar refractivity (Wildman–Crippen MR) is 99.1 cm³/mol. The van der Waals surface area contributed by atoms with E-state index in [0.29, 0.717) is 5.11 Å². The maximum atomic E-state index is 12.6. The van der Waals surface area contributed by atoms with E-state index in [0.717, 1.165) is 31.4 Å². The molecule has 1 saturated heterocycles. The number of ether oxygens (including phenoxy) is 1. The van der Waals surface area contributed by atoms with E-state index in [-0.39, 0.29) is 24.4 Å². The molecule has 25 heavy (non-hydrogen) atoms. The Morgan fingerprint density at radius 2 is 2.04 bits per heavy atom. The molecule has 1 aliphatic carbocycles. The summed E-state index contributed by atoms with van der Waals surface area (Å²) in [4.78, 5) is 26.4. The molecule has 134 valence electrons. The number of thiocarbonyl (C=S) groups is 1. The van der Waals surface area contributed by atoms with Crippen LogP contribution in [-0.4, -0.2) is 47.1 Å². The third-order valence-electron chi connectivity index (χ3n) is 4.90. The summed E-state index contributed by atoms with van der Waals surface area (Å²) >= 11 is 5.63. The summed E-state index contributed by atoms with van der Waals surface area (Å²) in [5.74, 6) is -0.576. The Hall–Kier alpha value is -2.15. The minimum atomic E-state index is -0.643. The van der Waals surface area contributed by atoms with Gasteiger partial charge in [0.15, 0.2) is 5.11 Å². The zero-order valence-corrected chi connectivity index (χ0v) is 15.1. The molecule has 0 bridgehead atoms. The first kappa shape index (κ1) is 17.7. The molecule has 0 radical (unpaired) electrons. The van der Waals surface area contributed by atoms with Crippen molar-refractivity contribution < 1.29 is 14.3 Å². The van der Waals surface area contributed by atoms with Crippen LogP contribution >= 0.6 is 12.2 Å². The summed E-state index contributed by atoms with van der Waals surface area (Å²) in [6, 6.07) is 9.14. The maximum Gasteiger partial charge on any atom is 0.308 e. The summed E-state index contributed by atoms with van der Waals surface area (Å²) in [6.07, 6.45) is 4.05.